The van der Waals surface area contributed by atoms with Crippen molar-refractivity contribution in [2.24, 2.45) is 0 Å². The minimum atomic E-state index is -0.560. The summed E-state index contributed by atoms with van der Waals surface area (Å²) in [5, 5.41) is 15.2. The highest BCUT2D eigenvalue weighted by atomic mass is 16.6. The summed E-state index contributed by atoms with van der Waals surface area (Å²) in [6, 6.07) is 28.0. The summed E-state index contributed by atoms with van der Waals surface area (Å²) in [6.45, 7) is 6.64. The second kappa shape index (κ2) is 17.6. The Labute approximate surface area is 255 Å². The van der Waals surface area contributed by atoms with E-state index in [-0.39, 0.29) is 18.0 Å². The van der Waals surface area contributed by atoms with Gasteiger partial charge in [0.25, 0.3) is 0 Å². The Bertz CT molecular complexity index is 1250. The molecular formula is C34H45N5O4. The smallest absolute Gasteiger partial charge is 0.407 e. The lowest BCUT2D eigenvalue weighted by Crippen LogP contribution is -2.52. The molecule has 0 bridgehead atoms. The van der Waals surface area contributed by atoms with E-state index < -0.39 is 17.7 Å². The standard InChI is InChI=1S/C34H45N5O4/c1-34(2,3)43-33(42)35-22-14-13-21-30(31(40)36-24-27-17-9-5-10-18-27)38-29(23-26-15-7-4-8-16-26)25-37-32(41)39-28-19-11-6-12-20-28/h4-12,15-20,29-30,38H,13-14,21-25H2,1-3H3,(H,35,42)(H,36,40)(H2,37,39,41)/t29-,30+/m1/s1. The normalized spacial score (nSPS) is 12.4. The molecule has 0 radical (unpaired) electrons. The Kier molecular flexibility index (Phi) is 13.5. The summed E-state index contributed by atoms with van der Waals surface area (Å²) in [7, 11) is 0. The van der Waals surface area contributed by atoms with E-state index in [1.807, 2.05) is 112 Å². The predicted octanol–water partition coefficient (Wildman–Crippen LogP) is 5.39. The van der Waals surface area contributed by atoms with Crippen molar-refractivity contribution in [2.45, 2.75) is 70.7 Å². The summed E-state index contributed by atoms with van der Waals surface area (Å²) in [4.78, 5) is 38.1. The van der Waals surface area contributed by atoms with Crippen LogP contribution in [0.2, 0.25) is 0 Å². The number of ether oxygens (including phenoxy) is 1. The van der Waals surface area contributed by atoms with Gasteiger partial charge < -0.3 is 31.3 Å². The maximum atomic E-state index is 13.4. The molecule has 9 heteroatoms. The lowest BCUT2D eigenvalue weighted by atomic mass is 10.0. The Morgan fingerprint density at radius 2 is 1.35 bits per heavy atom. The Hall–Kier alpha value is -4.37. The number of rotatable bonds is 15. The van der Waals surface area contributed by atoms with Gasteiger partial charge in [-0.25, -0.2) is 9.59 Å². The van der Waals surface area contributed by atoms with Crippen LogP contribution in [0.5, 0.6) is 0 Å². The number of hydrogen-bond acceptors (Lipinski definition) is 5. The fourth-order valence-electron chi connectivity index (χ4n) is 4.46. The molecule has 2 atom stereocenters. The lowest BCUT2D eigenvalue weighted by Gasteiger charge is -2.26. The number of nitrogens with one attached hydrogen (secondary N) is 5. The molecule has 4 amide bonds. The molecule has 0 spiro atoms. The Morgan fingerprint density at radius 3 is 1.98 bits per heavy atom. The highest BCUT2D eigenvalue weighted by molar-refractivity contribution is 5.89. The second-order valence-electron chi connectivity index (χ2n) is 11.4. The number of anilines is 1. The van der Waals surface area contributed by atoms with Gasteiger partial charge in [-0.05, 0) is 69.7 Å². The molecular weight excluding hydrogens is 542 g/mol. The lowest BCUT2D eigenvalue weighted by molar-refractivity contribution is -0.123. The van der Waals surface area contributed by atoms with Crippen LogP contribution in [0.4, 0.5) is 15.3 Å². The highest BCUT2D eigenvalue weighted by Gasteiger charge is 2.23. The number of alkyl carbamates (subject to hydrolysis) is 1. The van der Waals surface area contributed by atoms with E-state index in [4.69, 9.17) is 4.74 Å². The quantitative estimate of drug-likeness (QED) is 0.153. The molecule has 0 saturated carbocycles. The van der Waals surface area contributed by atoms with Crippen molar-refractivity contribution in [3.05, 3.63) is 102 Å². The molecule has 0 aliphatic carbocycles. The first-order valence-corrected chi connectivity index (χ1v) is 14.9. The molecule has 43 heavy (non-hydrogen) atoms. The van der Waals surface area contributed by atoms with Crippen LogP contribution < -0.4 is 26.6 Å². The first-order valence-electron chi connectivity index (χ1n) is 14.9. The van der Waals surface area contributed by atoms with Gasteiger partial charge in [0.2, 0.25) is 5.91 Å². The van der Waals surface area contributed by atoms with Gasteiger partial charge in [0.05, 0.1) is 6.04 Å². The van der Waals surface area contributed by atoms with Gasteiger partial charge in [0.1, 0.15) is 5.60 Å². The first kappa shape index (κ1) is 33.1. The SMILES string of the molecule is CC(C)(C)OC(=O)NCCCC[C@H](N[C@@H](CNC(=O)Nc1ccccc1)Cc1ccccc1)C(=O)NCc1ccccc1. The highest BCUT2D eigenvalue weighted by Crippen LogP contribution is 2.10. The molecule has 3 aromatic rings. The maximum Gasteiger partial charge on any atom is 0.407 e. The Balaban J connectivity index is 1.63. The Morgan fingerprint density at radius 1 is 0.744 bits per heavy atom. The number of hydrogen-bond donors (Lipinski definition) is 5. The molecule has 0 aromatic heterocycles. The molecule has 3 aromatic carbocycles. The second-order valence-corrected chi connectivity index (χ2v) is 11.4. The van der Waals surface area contributed by atoms with Crippen LogP contribution in [0, 0.1) is 0 Å². The van der Waals surface area contributed by atoms with E-state index in [9.17, 15) is 14.4 Å². The van der Waals surface area contributed by atoms with Crippen LogP contribution in [-0.2, 0) is 22.5 Å². The third-order valence-electron chi connectivity index (χ3n) is 6.52. The van der Waals surface area contributed by atoms with Crippen molar-refractivity contribution in [3.8, 4) is 0 Å². The number of carbonyl (C=O) groups is 3. The number of carbonyl (C=O) groups excluding carboxylic acids is 3. The van der Waals surface area contributed by atoms with Crippen LogP contribution in [0.3, 0.4) is 0 Å². The van der Waals surface area contributed by atoms with Crippen LogP contribution in [0.15, 0.2) is 91.0 Å². The monoisotopic (exact) mass is 587 g/mol. The zero-order valence-corrected chi connectivity index (χ0v) is 25.4. The molecule has 230 valence electrons. The first-order chi connectivity index (χ1) is 20.7. The van der Waals surface area contributed by atoms with E-state index in [0.717, 1.165) is 11.1 Å². The number of benzene rings is 3. The van der Waals surface area contributed by atoms with Gasteiger partial charge in [-0.1, -0.05) is 78.9 Å². The molecule has 0 aliphatic heterocycles. The van der Waals surface area contributed by atoms with E-state index in [2.05, 4.69) is 26.6 Å². The van der Waals surface area contributed by atoms with Gasteiger partial charge in [-0.15, -0.1) is 0 Å². The minimum absolute atomic E-state index is 0.115. The zero-order chi connectivity index (χ0) is 30.9. The average molecular weight is 588 g/mol. The molecule has 0 fully saturated rings. The molecule has 0 saturated heterocycles. The molecule has 3 rings (SSSR count). The van der Waals surface area contributed by atoms with Gasteiger partial charge >= 0.3 is 12.1 Å². The third kappa shape index (κ3) is 13.9. The van der Waals surface area contributed by atoms with Crippen LogP contribution in [0.25, 0.3) is 0 Å². The van der Waals surface area contributed by atoms with Gasteiger partial charge in [0.15, 0.2) is 0 Å². The molecule has 9 nitrogen and oxygen atoms in total. The fourth-order valence-corrected chi connectivity index (χ4v) is 4.46. The number of para-hydroxylation sites is 1. The maximum absolute atomic E-state index is 13.4. The van der Waals surface area contributed by atoms with Crippen molar-refractivity contribution in [1.29, 1.82) is 0 Å². The molecule has 0 aliphatic rings. The summed E-state index contributed by atoms with van der Waals surface area (Å²) < 4.78 is 5.30. The van der Waals surface area contributed by atoms with Crippen molar-refractivity contribution in [1.82, 2.24) is 21.3 Å². The van der Waals surface area contributed by atoms with Crippen molar-refractivity contribution in [2.75, 3.05) is 18.4 Å². The van der Waals surface area contributed by atoms with Crippen LogP contribution in [0.1, 0.15) is 51.2 Å². The van der Waals surface area contributed by atoms with E-state index in [1.54, 1.807) is 0 Å². The summed E-state index contributed by atoms with van der Waals surface area (Å²) in [5.41, 5.74) is 2.24. The summed E-state index contributed by atoms with van der Waals surface area (Å²) >= 11 is 0. The number of unbranched alkanes of at least 4 members (excludes halogenated alkanes) is 1. The zero-order valence-electron chi connectivity index (χ0n) is 25.4. The minimum Gasteiger partial charge on any atom is -0.444 e. The number of amides is 4. The fraction of sp³-hybridized carbons (Fsp3) is 0.382. The van der Waals surface area contributed by atoms with Gasteiger partial charge in [-0.2, -0.15) is 0 Å². The topological polar surface area (TPSA) is 121 Å². The van der Waals surface area contributed by atoms with Gasteiger partial charge in [0, 0.05) is 31.4 Å². The number of urea groups is 1. The molecule has 5 N–H and O–H groups in total. The van der Waals surface area contributed by atoms with E-state index in [0.29, 0.717) is 51.0 Å². The predicted molar refractivity (Wildman–Crippen MR) is 171 cm³/mol. The van der Waals surface area contributed by atoms with Crippen molar-refractivity contribution < 1.29 is 19.1 Å². The average Bonchev–Trinajstić information content (AvgIpc) is 2.98. The van der Waals surface area contributed by atoms with E-state index in [1.165, 1.54) is 0 Å². The van der Waals surface area contributed by atoms with Crippen molar-refractivity contribution >= 4 is 23.7 Å². The van der Waals surface area contributed by atoms with Crippen molar-refractivity contribution in [3.63, 3.8) is 0 Å². The van der Waals surface area contributed by atoms with E-state index >= 15 is 0 Å². The van der Waals surface area contributed by atoms with Crippen LogP contribution >= 0.6 is 0 Å². The summed E-state index contributed by atoms with van der Waals surface area (Å²) in [6.07, 6.45) is 2.11. The largest absolute Gasteiger partial charge is 0.444 e. The molecule has 0 unspecified atom stereocenters. The van der Waals surface area contributed by atoms with Crippen LogP contribution in [-0.4, -0.2) is 48.8 Å². The molecule has 0 heterocycles. The summed E-state index contributed by atoms with van der Waals surface area (Å²) in [5.74, 6) is -0.115. The van der Waals surface area contributed by atoms with Gasteiger partial charge in [-0.3, -0.25) is 4.79 Å². The third-order valence-corrected chi connectivity index (χ3v) is 6.52.